The van der Waals surface area contributed by atoms with E-state index in [4.69, 9.17) is 0 Å². The smallest absolute Gasteiger partial charge is 0.220 e. The zero-order chi connectivity index (χ0) is 15.5. The van der Waals surface area contributed by atoms with Crippen LogP contribution in [-0.4, -0.2) is 22.2 Å². The third-order valence-electron chi connectivity index (χ3n) is 4.10. The standard InChI is InChI=1S/C18H19NO3/c20-14-8-5-12(6-9-14)7-10-17(22)19-18-15-4-2-1-3-13(15)11-16(18)21/h1-6,8-9,16,18,20-21H,7,10-11H2,(H,19,22)/t16-,18-/m0/s1. The number of carbonyl (C=O) groups excluding carboxylic acids is 1. The molecule has 3 N–H and O–H groups in total. The van der Waals surface area contributed by atoms with Gasteiger partial charge in [-0.3, -0.25) is 4.79 Å². The number of fused-ring (bicyclic) bond motifs is 1. The van der Waals surface area contributed by atoms with Crippen molar-refractivity contribution in [2.45, 2.75) is 31.4 Å². The van der Waals surface area contributed by atoms with Crippen LogP contribution in [-0.2, 0) is 17.6 Å². The van der Waals surface area contributed by atoms with E-state index in [0.29, 0.717) is 19.3 Å². The first-order valence-corrected chi connectivity index (χ1v) is 7.46. The molecule has 4 heteroatoms. The lowest BCUT2D eigenvalue weighted by Crippen LogP contribution is -2.33. The van der Waals surface area contributed by atoms with Crippen LogP contribution in [0.25, 0.3) is 0 Å². The molecule has 0 unspecified atom stereocenters. The van der Waals surface area contributed by atoms with Gasteiger partial charge < -0.3 is 15.5 Å². The molecule has 0 radical (unpaired) electrons. The monoisotopic (exact) mass is 297 g/mol. The Morgan fingerprint density at radius 3 is 2.64 bits per heavy atom. The summed E-state index contributed by atoms with van der Waals surface area (Å²) in [6, 6.07) is 14.3. The van der Waals surface area contributed by atoms with Crippen molar-refractivity contribution in [1.82, 2.24) is 5.32 Å². The van der Waals surface area contributed by atoms with Gasteiger partial charge in [-0.05, 0) is 35.2 Å². The number of aryl methyl sites for hydroxylation is 1. The number of rotatable bonds is 4. The van der Waals surface area contributed by atoms with E-state index in [0.717, 1.165) is 16.7 Å². The summed E-state index contributed by atoms with van der Waals surface area (Å²) in [7, 11) is 0. The van der Waals surface area contributed by atoms with Gasteiger partial charge in [0.05, 0.1) is 12.1 Å². The topological polar surface area (TPSA) is 69.6 Å². The summed E-state index contributed by atoms with van der Waals surface area (Å²) in [4.78, 5) is 12.1. The lowest BCUT2D eigenvalue weighted by Gasteiger charge is -2.18. The molecule has 2 aromatic rings. The second-order valence-corrected chi connectivity index (χ2v) is 5.68. The molecule has 0 aliphatic heterocycles. The molecule has 1 aliphatic carbocycles. The number of carbonyl (C=O) groups is 1. The molecule has 114 valence electrons. The Labute approximate surface area is 129 Å². The van der Waals surface area contributed by atoms with Gasteiger partial charge in [-0.2, -0.15) is 0 Å². The maximum atomic E-state index is 12.1. The summed E-state index contributed by atoms with van der Waals surface area (Å²) < 4.78 is 0. The average molecular weight is 297 g/mol. The Kier molecular flexibility index (Phi) is 4.11. The van der Waals surface area contributed by atoms with E-state index in [1.807, 2.05) is 36.4 Å². The molecule has 0 fully saturated rings. The zero-order valence-corrected chi connectivity index (χ0v) is 12.2. The lowest BCUT2D eigenvalue weighted by molar-refractivity contribution is -0.122. The maximum absolute atomic E-state index is 12.1. The van der Waals surface area contributed by atoms with Crippen LogP contribution in [0.4, 0.5) is 0 Å². The summed E-state index contributed by atoms with van der Waals surface area (Å²) in [5.41, 5.74) is 3.10. The van der Waals surface area contributed by atoms with Crippen LogP contribution in [0.5, 0.6) is 5.75 Å². The highest BCUT2D eigenvalue weighted by molar-refractivity contribution is 5.77. The Morgan fingerprint density at radius 2 is 1.86 bits per heavy atom. The van der Waals surface area contributed by atoms with Gasteiger partial charge in [0, 0.05) is 12.8 Å². The molecular weight excluding hydrogens is 278 g/mol. The normalized spacial score (nSPS) is 19.7. The predicted octanol–water partition coefficient (Wildman–Crippen LogP) is 2.10. The van der Waals surface area contributed by atoms with Crippen LogP contribution in [0.3, 0.4) is 0 Å². The number of phenols is 1. The number of aliphatic hydroxyl groups excluding tert-OH is 1. The molecule has 0 saturated carbocycles. The van der Waals surface area contributed by atoms with Gasteiger partial charge in [-0.15, -0.1) is 0 Å². The Hall–Kier alpha value is -2.33. The van der Waals surface area contributed by atoms with Gasteiger partial charge in [-0.1, -0.05) is 36.4 Å². The fraction of sp³-hybridized carbons (Fsp3) is 0.278. The zero-order valence-electron chi connectivity index (χ0n) is 12.2. The van der Waals surface area contributed by atoms with Gasteiger partial charge in [0.1, 0.15) is 5.75 Å². The third-order valence-corrected chi connectivity index (χ3v) is 4.10. The highest BCUT2D eigenvalue weighted by atomic mass is 16.3. The maximum Gasteiger partial charge on any atom is 0.220 e. The number of aliphatic hydroxyl groups is 1. The Bertz CT molecular complexity index is 666. The van der Waals surface area contributed by atoms with Gasteiger partial charge in [0.25, 0.3) is 0 Å². The van der Waals surface area contributed by atoms with Gasteiger partial charge >= 0.3 is 0 Å². The SMILES string of the molecule is O=C(CCc1ccc(O)cc1)N[C@H]1c2ccccc2C[C@@H]1O. The molecule has 2 aromatic carbocycles. The highest BCUT2D eigenvalue weighted by Gasteiger charge is 2.31. The molecule has 3 rings (SSSR count). The van der Waals surface area contributed by atoms with Crippen LogP contribution in [0.1, 0.15) is 29.2 Å². The van der Waals surface area contributed by atoms with E-state index in [1.54, 1.807) is 12.1 Å². The average Bonchev–Trinajstić information content (AvgIpc) is 2.83. The number of amides is 1. The summed E-state index contributed by atoms with van der Waals surface area (Å²) >= 11 is 0. The first kappa shape index (κ1) is 14.6. The van der Waals surface area contributed by atoms with E-state index in [1.165, 1.54) is 0 Å². The molecular formula is C18H19NO3. The van der Waals surface area contributed by atoms with Crippen molar-refractivity contribution in [3.05, 3.63) is 65.2 Å². The van der Waals surface area contributed by atoms with Crippen molar-refractivity contribution >= 4 is 5.91 Å². The molecule has 2 atom stereocenters. The predicted molar refractivity (Wildman–Crippen MR) is 83.5 cm³/mol. The van der Waals surface area contributed by atoms with E-state index in [9.17, 15) is 15.0 Å². The molecule has 22 heavy (non-hydrogen) atoms. The number of hydrogen-bond donors (Lipinski definition) is 3. The minimum atomic E-state index is -0.560. The fourth-order valence-electron chi connectivity index (χ4n) is 2.91. The van der Waals surface area contributed by atoms with E-state index in [-0.39, 0.29) is 17.7 Å². The van der Waals surface area contributed by atoms with Gasteiger partial charge in [0.15, 0.2) is 0 Å². The van der Waals surface area contributed by atoms with E-state index in [2.05, 4.69) is 5.32 Å². The molecule has 0 bridgehead atoms. The molecule has 0 aromatic heterocycles. The van der Waals surface area contributed by atoms with Crippen LogP contribution in [0, 0.1) is 0 Å². The minimum absolute atomic E-state index is 0.0752. The lowest BCUT2D eigenvalue weighted by atomic mass is 10.1. The number of benzene rings is 2. The first-order valence-electron chi connectivity index (χ1n) is 7.46. The minimum Gasteiger partial charge on any atom is -0.508 e. The fourth-order valence-corrected chi connectivity index (χ4v) is 2.91. The summed E-state index contributed by atoms with van der Waals surface area (Å²) in [6.07, 6.45) is 0.987. The van der Waals surface area contributed by atoms with Gasteiger partial charge in [-0.25, -0.2) is 0 Å². The van der Waals surface area contributed by atoms with Crippen molar-refractivity contribution in [3.63, 3.8) is 0 Å². The Morgan fingerprint density at radius 1 is 1.14 bits per heavy atom. The van der Waals surface area contributed by atoms with Crippen molar-refractivity contribution in [2.75, 3.05) is 0 Å². The van der Waals surface area contributed by atoms with Crippen LogP contribution in [0.15, 0.2) is 48.5 Å². The van der Waals surface area contributed by atoms with Crippen LogP contribution < -0.4 is 5.32 Å². The molecule has 0 spiro atoms. The molecule has 0 heterocycles. The number of hydrogen-bond acceptors (Lipinski definition) is 3. The van der Waals surface area contributed by atoms with Crippen molar-refractivity contribution in [2.24, 2.45) is 0 Å². The summed E-state index contributed by atoms with van der Waals surface area (Å²) in [5.74, 6) is 0.146. The summed E-state index contributed by atoms with van der Waals surface area (Å²) in [6.45, 7) is 0. The van der Waals surface area contributed by atoms with Gasteiger partial charge in [0.2, 0.25) is 5.91 Å². The number of aromatic hydroxyl groups is 1. The molecule has 0 saturated heterocycles. The summed E-state index contributed by atoms with van der Waals surface area (Å²) in [5, 5.41) is 22.3. The number of phenolic OH excluding ortho intramolecular Hbond substituents is 1. The first-order chi connectivity index (χ1) is 10.6. The third kappa shape index (κ3) is 3.12. The van der Waals surface area contributed by atoms with Crippen LogP contribution in [0.2, 0.25) is 0 Å². The number of nitrogens with one attached hydrogen (secondary N) is 1. The molecule has 1 amide bonds. The molecule has 4 nitrogen and oxygen atoms in total. The van der Waals surface area contributed by atoms with Crippen molar-refractivity contribution in [1.29, 1.82) is 0 Å². The van der Waals surface area contributed by atoms with Crippen molar-refractivity contribution in [3.8, 4) is 5.75 Å². The Balaban J connectivity index is 1.59. The van der Waals surface area contributed by atoms with Crippen molar-refractivity contribution < 1.29 is 15.0 Å². The highest BCUT2D eigenvalue weighted by Crippen LogP contribution is 2.31. The second-order valence-electron chi connectivity index (χ2n) is 5.68. The quantitative estimate of drug-likeness (QED) is 0.809. The van der Waals surface area contributed by atoms with Crippen LogP contribution >= 0.6 is 0 Å². The molecule has 1 aliphatic rings. The van der Waals surface area contributed by atoms with E-state index < -0.39 is 6.10 Å². The second kappa shape index (κ2) is 6.20. The largest absolute Gasteiger partial charge is 0.508 e. The van der Waals surface area contributed by atoms with E-state index >= 15 is 0 Å².